The second-order valence-electron chi connectivity index (χ2n) is 8.58. The van der Waals surface area contributed by atoms with Crippen molar-refractivity contribution in [2.75, 3.05) is 13.2 Å². The van der Waals surface area contributed by atoms with Crippen molar-refractivity contribution in [1.82, 2.24) is 5.32 Å². The van der Waals surface area contributed by atoms with Crippen LogP contribution in [-0.4, -0.2) is 25.3 Å². The molecule has 2 heteroatoms. The first kappa shape index (κ1) is 14.8. The molecule has 20 heavy (non-hydrogen) atoms. The normalized spacial score (nSPS) is 37.0. The van der Waals surface area contributed by atoms with Crippen LogP contribution >= 0.6 is 0 Å². The Balaban J connectivity index is 1.57. The van der Waals surface area contributed by atoms with E-state index < -0.39 is 0 Å². The number of nitrogens with one attached hydrogen (secondary N) is 1. The van der Waals surface area contributed by atoms with Crippen LogP contribution in [0.25, 0.3) is 0 Å². The summed E-state index contributed by atoms with van der Waals surface area (Å²) < 4.78 is 6.01. The van der Waals surface area contributed by atoms with Crippen molar-refractivity contribution in [2.24, 2.45) is 22.2 Å². The van der Waals surface area contributed by atoms with Crippen molar-refractivity contribution in [1.29, 1.82) is 0 Å². The van der Waals surface area contributed by atoms with E-state index in [9.17, 15) is 0 Å². The lowest BCUT2D eigenvalue weighted by Gasteiger charge is -2.54. The standard InChI is InChI=1S/C18H33NO/c1-6-20-15-11-14(18(15)9-7-8-10-18)19-12-13-16(2,3)17(13,4)5/h13-15,19H,6-12H2,1-5H3. The Morgan fingerprint density at radius 1 is 1.05 bits per heavy atom. The molecule has 3 fully saturated rings. The Kier molecular flexibility index (Phi) is 3.49. The summed E-state index contributed by atoms with van der Waals surface area (Å²) in [5, 5.41) is 3.93. The highest BCUT2D eigenvalue weighted by Gasteiger charge is 2.65. The predicted molar refractivity (Wildman–Crippen MR) is 83.8 cm³/mol. The lowest BCUT2D eigenvalue weighted by Crippen LogP contribution is -2.63. The molecule has 0 saturated heterocycles. The van der Waals surface area contributed by atoms with Crippen LogP contribution in [0.4, 0.5) is 0 Å². The van der Waals surface area contributed by atoms with Gasteiger partial charge in [-0.1, -0.05) is 40.5 Å². The molecule has 0 aromatic heterocycles. The third-order valence-corrected chi connectivity index (χ3v) is 7.58. The number of ether oxygens (including phenoxy) is 1. The van der Waals surface area contributed by atoms with Crippen molar-refractivity contribution in [3.8, 4) is 0 Å². The van der Waals surface area contributed by atoms with E-state index in [4.69, 9.17) is 4.74 Å². The van der Waals surface area contributed by atoms with Gasteiger partial charge in [-0.2, -0.15) is 0 Å². The maximum atomic E-state index is 6.01. The van der Waals surface area contributed by atoms with Crippen LogP contribution in [0.5, 0.6) is 0 Å². The molecule has 1 N–H and O–H groups in total. The predicted octanol–water partition coefficient (Wildman–Crippen LogP) is 4.00. The lowest BCUT2D eigenvalue weighted by atomic mass is 9.60. The zero-order chi connectivity index (χ0) is 14.6. The summed E-state index contributed by atoms with van der Waals surface area (Å²) in [4.78, 5) is 0. The molecule has 1 spiro atoms. The molecule has 3 aliphatic carbocycles. The van der Waals surface area contributed by atoms with E-state index in [2.05, 4.69) is 39.9 Å². The summed E-state index contributed by atoms with van der Waals surface area (Å²) in [7, 11) is 0. The van der Waals surface area contributed by atoms with Gasteiger partial charge >= 0.3 is 0 Å². The average Bonchev–Trinajstić information content (AvgIpc) is 2.81. The highest BCUT2D eigenvalue weighted by atomic mass is 16.5. The Labute approximate surface area is 125 Å². The summed E-state index contributed by atoms with van der Waals surface area (Å²) in [6, 6.07) is 0.716. The van der Waals surface area contributed by atoms with Gasteiger partial charge in [0.2, 0.25) is 0 Å². The van der Waals surface area contributed by atoms with Gasteiger partial charge in [-0.15, -0.1) is 0 Å². The number of rotatable bonds is 5. The Morgan fingerprint density at radius 2 is 1.65 bits per heavy atom. The van der Waals surface area contributed by atoms with Crippen molar-refractivity contribution in [3.63, 3.8) is 0 Å². The Morgan fingerprint density at radius 3 is 2.15 bits per heavy atom. The summed E-state index contributed by atoms with van der Waals surface area (Å²) in [5.74, 6) is 0.833. The fourth-order valence-corrected chi connectivity index (χ4v) is 5.28. The summed E-state index contributed by atoms with van der Waals surface area (Å²) in [6.45, 7) is 13.9. The highest BCUT2D eigenvalue weighted by Crippen LogP contribution is 2.68. The topological polar surface area (TPSA) is 21.3 Å². The van der Waals surface area contributed by atoms with Gasteiger partial charge in [-0.25, -0.2) is 0 Å². The molecule has 2 unspecified atom stereocenters. The van der Waals surface area contributed by atoms with Crippen LogP contribution in [0.2, 0.25) is 0 Å². The Hall–Kier alpha value is -0.0800. The fourth-order valence-electron chi connectivity index (χ4n) is 5.28. The summed E-state index contributed by atoms with van der Waals surface area (Å²) in [6.07, 6.45) is 7.35. The van der Waals surface area contributed by atoms with E-state index in [0.29, 0.717) is 28.4 Å². The lowest BCUT2D eigenvalue weighted by molar-refractivity contribution is -0.130. The molecule has 3 aliphatic rings. The molecule has 0 aliphatic heterocycles. The SMILES string of the molecule is CCOC1CC(NCC2C(C)(C)C2(C)C)C12CCCC2. The second-order valence-corrected chi connectivity index (χ2v) is 8.58. The molecule has 2 nitrogen and oxygen atoms in total. The molecule has 0 aromatic carbocycles. The molecule has 3 saturated carbocycles. The average molecular weight is 279 g/mol. The maximum absolute atomic E-state index is 6.01. The quantitative estimate of drug-likeness (QED) is 0.821. The number of hydrogen-bond acceptors (Lipinski definition) is 2. The molecule has 2 atom stereocenters. The minimum absolute atomic E-state index is 0.485. The maximum Gasteiger partial charge on any atom is 0.0661 e. The van der Waals surface area contributed by atoms with Gasteiger partial charge in [-0.3, -0.25) is 0 Å². The van der Waals surface area contributed by atoms with Gasteiger partial charge < -0.3 is 10.1 Å². The first-order chi connectivity index (χ1) is 9.36. The molecule has 0 heterocycles. The van der Waals surface area contributed by atoms with E-state index >= 15 is 0 Å². The van der Waals surface area contributed by atoms with Crippen LogP contribution < -0.4 is 5.32 Å². The zero-order valence-corrected chi connectivity index (χ0v) is 14.1. The molecule has 0 aromatic rings. The van der Waals surface area contributed by atoms with E-state index in [1.807, 2.05) is 0 Å². The van der Waals surface area contributed by atoms with Gasteiger partial charge in [0.15, 0.2) is 0 Å². The number of hydrogen-bond donors (Lipinski definition) is 1. The first-order valence-electron chi connectivity index (χ1n) is 8.71. The molecular formula is C18H33NO. The minimum Gasteiger partial charge on any atom is -0.378 e. The molecule has 3 rings (SSSR count). The monoisotopic (exact) mass is 279 g/mol. The van der Waals surface area contributed by atoms with E-state index in [0.717, 1.165) is 12.5 Å². The highest BCUT2D eigenvalue weighted by molar-refractivity contribution is 5.15. The Bertz CT molecular complexity index is 354. The second kappa shape index (κ2) is 4.71. The third kappa shape index (κ3) is 1.90. The largest absolute Gasteiger partial charge is 0.378 e. The van der Waals surface area contributed by atoms with E-state index in [1.54, 1.807) is 0 Å². The van der Waals surface area contributed by atoms with Gasteiger partial charge in [0, 0.05) is 18.1 Å². The molecule has 0 amide bonds. The molecule has 116 valence electrons. The van der Waals surface area contributed by atoms with E-state index in [-0.39, 0.29) is 0 Å². The van der Waals surface area contributed by atoms with Gasteiger partial charge in [-0.05, 0) is 49.5 Å². The van der Waals surface area contributed by atoms with Crippen molar-refractivity contribution in [3.05, 3.63) is 0 Å². The van der Waals surface area contributed by atoms with Gasteiger partial charge in [0.1, 0.15) is 0 Å². The van der Waals surface area contributed by atoms with Crippen LogP contribution in [-0.2, 0) is 4.74 Å². The van der Waals surface area contributed by atoms with Crippen molar-refractivity contribution in [2.45, 2.75) is 78.9 Å². The van der Waals surface area contributed by atoms with Gasteiger partial charge in [0.25, 0.3) is 0 Å². The summed E-state index contributed by atoms with van der Waals surface area (Å²) >= 11 is 0. The van der Waals surface area contributed by atoms with E-state index in [1.165, 1.54) is 38.6 Å². The summed E-state index contributed by atoms with van der Waals surface area (Å²) in [5.41, 5.74) is 1.50. The van der Waals surface area contributed by atoms with Crippen molar-refractivity contribution < 1.29 is 4.74 Å². The van der Waals surface area contributed by atoms with Crippen LogP contribution in [0.1, 0.15) is 66.7 Å². The zero-order valence-electron chi connectivity index (χ0n) is 14.1. The van der Waals surface area contributed by atoms with Crippen LogP contribution in [0.15, 0.2) is 0 Å². The molecule has 0 bridgehead atoms. The smallest absolute Gasteiger partial charge is 0.0661 e. The van der Waals surface area contributed by atoms with Crippen molar-refractivity contribution >= 4 is 0 Å². The minimum atomic E-state index is 0.485. The van der Waals surface area contributed by atoms with Crippen LogP contribution in [0, 0.1) is 22.2 Å². The van der Waals surface area contributed by atoms with Crippen LogP contribution in [0.3, 0.4) is 0 Å². The molecular weight excluding hydrogens is 246 g/mol. The fraction of sp³-hybridized carbons (Fsp3) is 1.00. The third-order valence-electron chi connectivity index (χ3n) is 7.58. The van der Waals surface area contributed by atoms with Gasteiger partial charge in [0.05, 0.1) is 6.10 Å². The molecule has 0 radical (unpaired) electrons. The first-order valence-corrected chi connectivity index (χ1v) is 8.71.